The molecule has 2 rings (SSSR count). The first-order valence-electron chi connectivity index (χ1n) is 5.10. The summed E-state index contributed by atoms with van der Waals surface area (Å²) in [6, 6.07) is 4.24. The molecule has 0 aliphatic heterocycles. The second kappa shape index (κ2) is 5.39. The molecule has 0 bridgehead atoms. The molecule has 0 saturated carbocycles. The fourth-order valence-electron chi connectivity index (χ4n) is 1.40. The number of thiophene rings is 1. The second-order valence-corrected chi connectivity index (χ2v) is 6.66. The number of carboxylic acids is 1. The van der Waals surface area contributed by atoms with E-state index in [4.69, 9.17) is 16.7 Å². The van der Waals surface area contributed by atoms with Gasteiger partial charge in [0, 0.05) is 0 Å². The van der Waals surface area contributed by atoms with E-state index in [-0.39, 0.29) is 20.5 Å². The van der Waals surface area contributed by atoms with Gasteiger partial charge in [0.15, 0.2) is 0 Å². The topological polar surface area (TPSA) is 83.5 Å². The van der Waals surface area contributed by atoms with Crippen LogP contribution in [-0.2, 0) is 10.0 Å². The number of nitrogens with one attached hydrogen (secondary N) is 1. The van der Waals surface area contributed by atoms with E-state index in [2.05, 4.69) is 4.72 Å². The summed E-state index contributed by atoms with van der Waals surface area (Å²) in [7, 11) is -4.04. The molecule has 0 atom stereocenters. The van der Waals surface area contributed by atoms with Gasteiger partial charge >= 0.3 is 5.97 Å². The highest BCUT2D eigenvalue weighted by molar-refractivity contribution is 7.92. The van der Waals surface area contributed by atoms with Crippen molar-refractivity contribution in [3.8, 4) is 0 Å². The van der Waals surface area contributed by atoms with Crippen LogP contribution in [0, 0.1) is 5.82 Å². The van der Waals surface area contributed by atoms with Crippen molar-refractivity contribution in [1.82, 2.24) is 0 Å². The van der Waals surface area contributed by atoms with Crippen LogP contribution in [0.4, 0.5) is 10.1 Å². The van der Waals surface area contributed by atoms with Crippen molar-refractivity contribution in [2.24, 2.45) is 0 Å². The van der Waals surface area contributed by atoms with Gasteiger partial charge < -0.3 is 5.11 Å². The predicted molar refractivity (Wildman–Crippen MR) is 73.5 cm³/mol. The third-order valence-corrected chi connectivity index (χ3v) is 4.86. The number of sulfonamides is 1. The van der Waals surface area contributed by atoms with Crippen molar-refractivity contribution < 1.29 is 22.7 Å². The molecule has 1 aromatic heterocycles. The average molecular weight is 336 g/mol. The summed E-state index contributed by atoms with van der Waals surface area (Å²) in [6.07, 6.45) is 0. The van der Waals surface area contributed by atoms with Gasteiger partial charge in [0.25, 0.3) is 10.0 Å². The maximum Gasteiger partial charge on any atom is 0.348 e. The smallest absolute Gasteiger partial charge is 0.348 e. The zero-order valence-corrected chi connectivity index (χ0v) is 12.0. The number of halogens is 2. The summed E-state index contributed by atoms with van der Waals surface area (Å²) in [5.41, 5.74) is -0.0528. The number of carboxylic acid groups (broad SMARTS) is 1. The maximum atomic E-state index is 13.0. The lowest BCUT2D eigenvalue weighted by molar-refractivity contribution is 0.0703. The molecular weight excluding hydrogens is 329 g/mol. The lowest BCUT2D eigenvalue weighted by Gasteiger charge is -2.08. The van der Waals surface area contributed by atoms with Gasteiger partial charge in [0.1, 0.15) is 10.7 Å². The SMILES string of the molecule is O=C(O)c1sccc1NS(=O)(=O)c1ccc(F)c(Cl)c1. The van der Waals surface area contributed by atoms with Crippen LogP contribution in [0.3, 0.4) is 0 Å². The maximum absolute atomic E-state index is 13.0. The highest BCUT2D eigenvalue weighted by Gasteiger charge is 2.20. The van der Waals surface area contributed by atoms with Gasteiger partial charge in [0.2, 0.25) is 0 Å². The Morgan fingerprint density at radius 2 is 2.05 bits per heavy atom. The molecule has 5 nitrogen and oxygen atoms in total. The quantitative estimate of drug-likeness (QED) is 0.899. The molecule has 0 radical (unpaired) electrons. The second-order valence-electron chi connectivity index (χ2n) is 3.65. The minimum Gasteiger partial charge on any atom is -0.477 e. The Hall–Kier alpha value is -1.64. The number of aromatic carboxylic acids is 1. The number of benzene rings is 1. The van der Waals surface area contributed by atoms with Crippen LogP contribution < -0.4 is 4.72 Å². The summed E-state index contributed by atoms with van der Waals surface area (Å²) < 4.78 is 39.3. The molecule has 0 spiro atoms. The molecule has 2 N–H and O–H groups in total. The van der Waals surface area contributed by atoms with Crippen LogP contribution in [-0.4, -0.2) is 19.5 Å². The third-order valence-electron chi connectivity index (χ3n) is 2.31. The van der Waals surface area contributed by atoms with Gasteiger partial charge in [-0.1, -0.05) is 11.6 Å². The van der Waals surface area contributed by atoms with Gasteiger partial charge in [-0.2, -0.15) is 0 Å². The van der Waals surface area contributed by atoms with Crippen LogP contribution >= 0.6 is 22.9 Å². The van der Waals surface area contributed by atoms with Crippen molar-refractivity contribution in [2.45, 2.75) is 4.90 Å². The van der Waals surface area contributed by atoms with Gasteiger partial charge in [-0.15, -0.1) is 11.3 Å². The predicted octanol–water partition coefficient (Wildman–Crippen LogP) is 3.04. The highest BCUT2D eigenvalue weighted by atomic mass is 35.5. The summed E-state index contributed by atoms with van der Waals surface area (Å²) in [4.78, 5) is 10.5. The highest BCUT2D eigenvalue weighted by Crippen LogP contribution is 2.26. The number of carbonyl (C=O) groups is 1. The number of hydrogen-bond acceptors (Lipinski definition) is 4. The van der Waals surface area contributed by atoms with Crippen molar-refractivity contribution >= 4 is 44.6 Å². The van der Waals surface area contributed by atoms with E-state index >= 15 is 0 Å². The van der Waals surface area contributed by atoms with Crippen molar-refractivity contribution in [2.75, 3.05) is 4.72 Å². The largest absolute Gasteiger partial charge is 0.477 e. The van der Waals surface area contributed by atoms with E-state index in [0.29, 0.717) is 0 Å². The summed E-state index contributed by atoms with van der Waals surface area (Å²) in [5.74, 6) is -1.98. The molecule has 1 aromatic carbocycles. The van der Waals surface area contributed by atoms with E-state index in [1.807, 2.05) is 0 Å². The number of hydrogen-bond donors (Lipinski definition) is 2. The van der Waals surface area contributed by atoms with Crippen molar-refractivity contribution in [3.63, 3.8) is 0 Å². The first-order chi connectivity index (χ1) is 9.31. The Bertz CT molecular complexity index is 772. The fourth-order valence-corrected chi connectivity index (χ4v) is 3.50. The van der Waals surface area contributed by atoms with Gasteiger partial charge in [0.05, 0.1) is 15.6 Å². The Balaban J connectivity index is 2.38. The molecule has 20 heavy (non-hydrogen) atoms. The molecule has 0 amide bonds. The zero-order chi connectivity index (χ0) is 14.9. The monoisotopic (exact) mass is 335 g/mol. The lowest BCUT2D eigenvalue weighted by Crippen LogP contribution is -2.14. The Morgan fingerprint density at radius 1 is 1.35 bits per heavy atom. The molecule has 0 aliphatic rings. The first kappa shape index (κ1) is 14.8. The molecule has 0 aliphatic carbocycles. The van der Waals surface area contributed by atoms with Gasteiger partial charge in [-0.25, -0.2) is 17.6 Å². The van der Waals surface area contributed by atoms with Crippen LogP contribution in [0.25, 0.3) is 0 Å². The molecule has 0 saturated heterocycles. The van der Waals surface area contributed by atoms with Crippen LogP contribution in [0.15, 0.2) is 34.5 Å². The van der Waals surface area contributed by atoms with Gasteiger partial charge in [-0.05, 0) is 29.6 Å². The Labute approximate surface area is 122 Å². The minimum atomic E-state index is -4.04. The lowest BCUT2D eigenvalue weighted by atomic mass is 10.3. The average Bonchev–Trinajstić information content (AvgIpc) is 2.80. The molecule has 1 heterocycles. The third kappa shape index (κ3) is 2.92. The summed E-state index contributed by atoms with van der Waals surface area (Å²) >= 11 is 6.41. The molecular formula is C11H7ClFNO4S2. The molecule has 9 heteroatoms. The minimum absolute atomic E-state index is 0.0528. The van der Waals surface area contributed by atoms with E-state index < -0.39 is 21.8 Å². The molecule has 0 unspecified atom stereocenters. The van der Waals surface area contributed by atoms with E-state index in [0.717, 1.165) is 29.5 Å². The summed E-state index contributed by atoms with van der Waals surface area (Å²) in [6.45, 7) is 0. The van der Waals surface area contributed by atoms with E-state index in [1.54, 1.807) is 0 Å². The Kier molecular flexibility index (Phi) is 3.98. The van der Waals surface area contributed by atoms with E-state index in [1.165, 1.54) is 11.4 Å². The summed E-state index contributed by atoms with van der Waals surface area (Å²) in [5, 5.41) is 10.0. The number of rotatable bonds is 4. The zero-order valence-electron chi connectivity index (χ0n) is 9.63. The normalized spacial score (nSPS) is 11.3. The van der Waals surface area contributed by atoms with Gasteiger partial charge in [-0.3, -0.25) is 4.72 Å². The van der Waals surface area contributed by atoms with Crippen molar-refractivity contribution in [1.29, 1.82) is 0 Å². The molecule has 2 aromatic rings. The first-order valence-corrected chi connectivity index (χ1v) is 7.84. The fraction of sp³-hybridized carbons (Fsp3) is 0. The van der Waals surface area contributed by atoms with Crippen LogP contribution in [0.2, 0.25) is 5.02 Å². The standard InChI is InChI=1S/C11H7ClFNO4S2/c12-7-5-6(1-2-8(7)13)20(17,18)14-9-3-4-19-10(9)11(15)16/h1-5,14H,(H,15,16). The van der Waals surface area contributed by atoms with Crippen LogP contribution in [0.1, 0.15) is 9.67 Å². The molecule has 0 fully saturated rings. The molecule has 106 valence electrons. The van der Waals surface area contributed by atoms with Crippen molar-refractivity contribution in [3.05, 3.63) is 45.4 Å². The van der Waals surface area contributed by atoms with Crippen LogP contribution in [0.5, 0.6) is 0 Å². The Morgan fingerprint density at radius 3 is 2.65 bits per heavy atom. The number of anilines is 1. The van der Waals surface area contributed by atoms with E-state index in [9.17, 15) is 17.6 Å².